The van der Waals surface area contributed by atoms with Crippen LogP contribution in [0.3, 0.4) is 0 Å². The van der Waals surface area contributed by atoms with Gasteiger partial charge >= 0.3 is 0 Å². The minimum Gasteiger partial charge on any atom is -0.491 e. The summed E-state index contributed by atoms with van der Waals surface area (Å²) in [6, 6.07) is 9.24. The van der Waals surface area contributed by atoms with Gasteiger partial charge in [0.1, 0.15) is 5.75 Å². The first-order valence-electron chi connectivity index (χ1n) is 8.14. The van der Waals surface area contributed by atoms with Gasteiger partial charge in [-0.25, -0.2) is 0 Å². The van der Waals surface area contributed by atoms with Crippen LogP contribution in [0.25, 0.3) is 0 Å². The Labute approximate surface area is 122 Å². The highest BCUT2D eigenvalue weighted by Crippen LogP contribution is 2.60. The molecule has 110 valence electrons. The van der Waals surface area contributed by atoms with Gasteiger partial charge in [-0.05, 0) is 69.2 Å². The predicted octanol–water partition coefficient (Wildman–Crippen LogP) is 4.17. The van der Waals surface area contributed by atoms with Gasteiger partial charge in [-0.2, -0.15) is 0 Å². The number of benzene rings is 1. The first-order chi connectivity index (χ1) is 9.70. The third-order valence-electron chi connectivity index (χ3n) is 5.03. The average molecular weight is 273 g/mol. The normalized spacial score (nSPS) is 29.9. The fourth-order valence-electron chi connectivity index (χ4n) is 4.15. The molecule has 0 aromatic heterocycles. The maximum Gasteiger partial charge on any atom is 0.119 e. The third-order valence-corrected chi connectivity index (χ3v) is 5.03. The summed E-state index contributed by atoms with van der Waals surface area (Å²) in [6.07, 6.45) is 6.02. The van der Waals surface area contributed by atoms with Crippen molar-refractivity contribution in [3.05, 3.63) is 29.8 Å². The standard InChI is InChI=1S/C18H27NO/c1-12(2)20-14-10-8-13(9-11-14)18(19-3)17-15-6-4-5-7-16(15)17/h8-12,15-19H,4-7H2,1-3H3. The summed E-state index contributed by atoms with van der Waals surface area (Å²) in [4.78, 5) is 0. The summed E-state index contributed by atoms with van der Waals surface area (Å²) in [5, 5.41) is 3.56. The smallest absolute Gasteiger partial charge is 0.119 e. The average Bonchev–Trinajstić information content (AvgIpc) is 3.16. The van der Waals surface area contributed by atoms with Crippen LogP contribution in [0.15, 0.2) is 24.3 Å². The lowest BCUT2D eigenvalue weighted by atomic mass is 10.00. The summed E-state index contributed by atoms with van der Waals surface area (Å²) in [7, 11) is 2.10. The Morgan fingerprint density at radius 3 is 2.15 bits per heavy atom. The lowest BCUT2D eigenvalue weighted by Crippen LogP contribution is -2.19. The molecule has 2 aliphatic carbocycles. The number of rotatable bonds is 5. The Morgan fingerprint density at radius 2 is 1.65 bits per heavy atom. The molecule has 0 amide bonds. The molecule has 2 heteroatoms. The molecule has 3 atom stereocenters. The number of ether oxygens (including phenoxy) is 1. The van der Waals surface area contributed by atoms with Crippen LogP contribution in [0.4, 0.5) is 0 Å². The fourth-order valence-corrected chi connectivity index (χ4v) is 4.15. The Morgan fingerprint density at radius 1 is 1.05 bits per heavy atom. The van der Waals surface area contributed by atoms with Gasteiger partial charge < -0.3 is 10.1 Å². The van der Waals surface area contributed by atoms with E-state index in [1.54, 1.807) is 0 Å². The molecule has 0 bridgehead atoms. The molecule has 2 nitrogen and oxygen atoms in total. The van der Waals surface area contributed by atoms with Crippen molar-refractivity contribution in [2.24, 2.45) is 17.8 Å². The molecule has 0 aliphatic heterocycles. The molecule has 2 fully saturated rings. The van der Waals surface area contributed by atoms with Gasteiger partial charge in [0.25, 0.3) is 0 Å². The highest BCUT2D eigenvalue weighted by atomic mass is 16.5. The highest BCUT2D eigenvalue weighted by Gasteiger charge is 2.53. The molecule has 0 saturated heterocycles. The summed E-state index contributed by atoms with van der Waals surface area (Å²) < 4.78 is 5.73. The molecule has 2 saturated carbocycles. The van der Waals surface area contributed by atoms with Crippen molar-refractivity contribution in [1.82, 2.24) is 5.32 Å². The van der Waals surface area contributed by atoms with E-state index in [1.165, 1.54) is 31.2 Å². The Hall–Kier alpha value is -1.02. The van der Waals surface area contributed by atoms with E-state index in [1.807, 2.05) is 0 Å². The SMILES string of the molecule is CNC(c1ccc(OC(C)C)cc1)C1C2CCCCC21. The number of hydrogen-bond acceptors (Lipinski definition) is 2. The van der Waals surface area contributed by atoms with Crippen LogP contribution in [0, 0.1) is 17.8 Å². The molecular formula is C18H27NO. The third kappa shape index (κ3) is 2.71. The van der Waals surface area contributed by atoms with E-state index in [0.29, 0.717) is 6.04 Å². The Balaban J connectivity index is 1.70. The van der Waals surface area contributed by atoms with Gasteiger partial charge in [-0.1, -0.05) is 25.0 Å². The van der Waals surface area contributed by atoms with Crippen molar-refractivity contribution >= 4 is 0 Å². The van der Waals surface area contributed by atoms with Gasteiger partial charge in [0, 0.05) is 6.04 Å². The summed E-state index contributed by atoms with van der Waals surface area (Å²) in [6.45, 7) is 4.14. The zero-order valence-electron chi connectivity index (χ0n) is 12.9. The van der Waals surface area contributed by atoms with Gasteiger partial charge in [0.05, 0.1) is 6.10 Å². The molecule has 0 spiro atoms. The van der Waals surface area contributed by atoms with Crippen molar-refractivity contribution < 1.29 is 4.74 Å². The zero-order chi connectivity index (χ0) is 14.1. The van der Waals surface area contributed by atoms with E-state index in [2.05, 4.69) is 50.5 Å². The quantitative estimate of drug-likeness (QED) is 0.869. The van der Waals surface area contributed by atoms with E-state index in [9.17, 15) is 0 Å². The molecule has 2 aliphatic rings. The molecule has 1 N–H and O–H groups in total. The van der Waals surface area contributed by atoms with E-state index in [0.717, 1.165) is 23.5 Å². The van der Waals surface area contributed by atoms with Crippen LogP contribution in [0.2, 0.25) is 0 Å². The monoisotopic (exact) mass is 273 g/mol. The lowest BCUT2D eigenvalue weighted by molar-refractivity contribution is 0.242. The van der Waals surface area contributed by atoms with Crippen LogP contribution < -0.4 is 10.1 Å². The van der Waals surface area contributed by atoms with Crippen molar-refractivity contribution in [3.8, 4) is 5.75 Å². The molecule has 0 radical (unpaired) electrons. The molecule has 1 aromatic carbocycles. The van der Waals surface area contributed by atoms with Crippen LogP contribution in [0.5, 0.6) is 5.75 Å². The van der Waals surface area contributed by atoms with Crippen LogP contribution >= 0.6 is 0 Å². The van der Waals surface area contributed by atoms with Gasteiger partial charge in [-0.3, -0.25) is 0 Å². The predicted molar refractivity (Wildman–Crippen MR) is 82.9 cm³/mol. The molecule has 0 heterocycles. The maximum absolute atomic E-state index is 5.73. The van der Waals surface area contributed by atoms with Gasteiger partial charge in [-0.15, -0.1) is 0 Å². The van der Waals surface area contributed by atoms with Crippen molar-refractivity contribution in [3.63, 3.8) is 0 Å². The largest absolute Gasteiger partial charge is 0.491 e. The second-order valence-electron chi connectivity index (χ2n) is 6.69. The lowest BCUT2D eigenvalue weighted by Gasteiger charge is -2.18. The zero-order valence-corrected chi connectivity index (χ0v) is 12.9. The van der Waals surface area contributed by atoms with Gasteiger partial charge in [0.15, 0.2) is 0 Å². The van der Waals surface area contributed by atoms with Gasteiger partial charge in [0.2, 0.25) is 0 Å². The van der Waals surface area contributed by atoms with E-state index < -0.39 is 0 Å². The van der Waals surface area contributed by atoms with Crippen LogP contribution in [-0.4, -0.2) is 13.2 Å². The highest BCUT2D eigenvalue weighted by molar-refractivity contribution is 5.31. The minimum atomic E-state index is 0.243. The summed E-state index contributed by atoms with van der Waals surface area (Å²) in [5.41, 5.74) is 1.42. The molecular weight excluding hydrogens is 246 g/mol. The van der Waals surface area contributed by atoms with Crippen LogP contribution in [0.1, 0.15) is 51.1 Å². The second-order valence-corrected chi connectivity index (χ2v) is 6.69. The van der Waals surface area contributed by atoms with Crippen molar-refractivity contribution in [1.29, 1.82) is 0 Å². The molecule has 20 heavy (non-hydrogen) atoms. The van der Waals surface area contributed by atoms with Crippen LogP contribution in [-0.2, 0) is 0 Å². The summed E-state index contributed by atoms with van der Waals surface area (Å²) >= 11 is 0. The Kier molecular flexibility index (Phi) is 4.02. The number of hydrogen-bond donors (Lipinski definition) is 1. The summed E-state index contributed by atoms with van der Waals surface area (Å²) in [5.74, 6) is 3.80. The minimum absolute atomic E-state index is 0.243. The topological polar surface area (TPSA) is 21.3 Å². The molecule has 3 rings (SSSR count). The maximum atomic E-state index is 5.73. The number of nitrogens with one attached hydrogen (secondary N) is 1. The molecule has 3 unspecified atom stereocenters. The van der Waals surface area contributed by atoms with E-state index >= 15 is 0 Å². The first kappa shape index (κ1) is 13.9. The van der Waals surface area contributed by atoms with E-state index in [-0.39, 0.29) is 6.10 Å². The first-order valence-corrected chi connectivity index (χ1v) is 8.14. The van der Waals surface area contributed by atoms with Crippen molar-refractivity contribution in [2.45, 2.75) is 51.7 Å². The Bertz CT molecular complexity index is 427. The fraction of sp³-hybridized carbons (Fsp3) is 0.667. The second kappa shape index (κ2) is 5.77. The van der Waals surface area contributed by atoms with Crippen molar-refractivity contribution in [2.75, 3.05) is 7.05 Å². The molecule has 1 aromatic rings. The number of fused-ring (bicyclic) bond motifs is 1. The van der Waals surface area contributed by atoms with E-state index in [4.69, 9.17) is 4.74 Å².